The van der Waals surface area contributed by atoms with Gasteiger partial charge in [-0.05, 0) is 36.8 Å². The van der Waals surface area contributed by atoms with Gasteiger partial charge in [0.05, 0.1) is 11.4 Å². The van der Waals surface area contributed by atoms with Crippen molar-refractivity contribution in [3.63, 3.8) is 0 Å². The molecule has 174 valence electrons. The van der Waals surface area contributed by atoms with Gasteiger partial charge in [-0.2, -0.15) is 0 Å². The summed E-state index contributed by atoms with van der Waals surface area (Å²) < 4.78 is 26.7. The fourth-order valence-corrected chi connectivity index (χ4v) is 3.39. The second kappa shape index (κ2) is 9.33. The van der Waals surface area contributed by atoms with Gasteiger partial charge in [0.1, 0.15) is 17.7 Å². The van der Waals surface area contributed by atoms with Gasteiger partial charge in [0.25, 0.3) is 17.7 Å². The molecule has 3 N–H and O–H groups in total. The highest BCUT2D eigenvalue weighted by Crippen LogP contribution is 2.31. The van der Waals surface area contributed by atoms with Crippen molar-refractivity contribution in [1.82, 2.24) is 10.6 Å². The molecule has 0 bridgehead atoms. The van der Waals surface area contributed by atoms with Gasteiger partial charge < -0.3 is 25.5 Å². The van der Waals surface area contributed by atoms with E-state index in [-0.39, 0.29) is 5.56 Å². The maximum Gasteiger partial charge on any atom is 0.259 e. The first-order valence-electron chi connectivity index (χ1n) is 9.90. The molecule has 2 aromatic rings. The molecule has 1 unspecified atom stereocenters. The normalized spacial score (nSPS) is 16.1. The van der Waals surface area contributed by atoms with Crippen LogP contribution in [-0.2, 0) is 19.2 Å². The molecule has 4 amide bonds. The van der Waals surface area contributed by atoms with Crippen molar-refractivity contribution in [3.8, 4) is 0 Å². The summed E-state index contributed by atoms with van der Waals surface area (Å²) in [4.78, 5) is 53.1. The number of nitrogens with zero attached hydrogens (tertiary/aromatic N) is 2. The minimum atomic E-state index is -1.95. The Morgan fingerprint density at radius 1 is 0.939 bits per heavy atom. The molecule has 2 aromatic carbocycles. The topological polar surface area (TPSA) is 119 Å². The number of para-hydroxylation sites is 2. The predicted molar refractivity (Wildman–Crippen MR) is 114 cm³/mol. The molecule has 0 saturated carbocycles. The van der Waals surface area contributed by atoms with E-state index in [9.17, 15) is 33.1 Å². The van der Waals surface area contributed by atoms with E-state index in [0.717, 1.165) is 12.1 Å². The highest BCUT2D eigenvalue weighted by Gasteiger charge is 2.39. The average molecular weight is 460 g/mol. The summed E-state index contributed by atoms with van der Waals surface area (Å²) in [6, 6.07) is 6.02. The first-order valence-corrected chi connectivity index (χ1v) is 9.90. The zero-order chi connectivity index (χ0) is 24.4. The van der Waals surface area contributed by atoms with Crippen LogP contribution in [0.4, 0.5) is 20.2 Å². The number of amides is 4. The van der Waals surface area contributed by atoms with Crippen molar-refractivity contribution < 1.29 is 33.1 Å². The zero-order valence-corrected chi connectivity index (χ0v) is 18.0. The lowest BCUT2D eigenvalue weighted by Crippen LogP contribution is -2.58. The summed E-state index contributed by atoms with van der Waals surface area (Å²) in [6.07, 6.45) is -1.95. The summed E-state index contributed by atoms with van der Waals surface area (Å²) in [6.45, 7) is 1.26. The van der Waals surface area contributed by atoms with Crippen molar-refractivity contribution in [1.29, 1.82) is 0 Å². The maximum atomic E-state index is 13.4. The fourth-order valence-electron chi connectivity index (χ4n) is 3.39. The average Bonchev–Trinajstić information content (AvgIpc) is 2.84. The van der Waals surface area contributed by atoms with Gasteiger partial charge in [-0.3, -0.25) is 19.2 Å². The Kier molecular flexibility index (Phi) is 6.73. The van der Waals surface area contributed by atoms with Crippen LogP contribution in [0.15, 0.2) is 42.5 Å². The Labute approximate surface area is 188 Å². The lowest BCUT2D eigenvalue weighted by Gasteiger charge is -2.23. The van der Waals surface area contributed by atoms with E-state index in [1.807, 2.05) is 0 Å². The largest absolute Gasteiger partial charge is 0.378 e. The Bertz CT molecular complexity index is 1060. The Hall–Kier alpha value is -3.86. The van der Waals surface area contributed by atoms with Gasteiger partial charge in [0.15, 0.2) is 12.1 Å². The van der Waals surface area contributed by atoms with Crippen LogP contribution in [0.2, 0.25) is 0 Å². The molecular weight excluding hydrogens is 438 g/mol. The molecule has 9 nitrogen and oxygen atoms in total. The third kappa shape index (κ3) is 4.82. The first kappa shape index (κ1) is 23.8. The van der Waals surface area contributed by atoms with Crippen LogP contribution in [0, 0.1) is 11.6 Å². The lowest BCUT2D eigenvalue weighted by atomic mass is 10.1. The third-order valence-corrected chi connectivity index (χ3v) is 5.25. The van der Waals surface area contributed by atoms with E-state index in [4.69, 9.17) is 0 Å². The van der Waals surface area contributed by atoms with Gasteiger partial charge in [-0.15, -0.1) is 0 Å². The lowest BCUT2D eigenvalue weighted by molar-refractivity contribution is -0.136. The van der Waals surface area contributed by atoms with E-state index < -0.39 is 53.5 Å². The van der Waals surface area contributed by atoms with Crippen LogP contribution >= 0.6 is 0 Å². The number of aliphatic hydroxyl groups excluding tert-OH is 1. The standard InChI is InChI=1S/C22H22F2N4O5/c1-11(25-20(31)18(29)12-8-13(23)10-14(24)9-12)19(30)26-17-21(32)27(2)15-6-4-5-7-16(15)28(3)22(17)33/h4-11,17-18,29H,1-3H3,(H,25,31)(H,26,30)/t11-,18?/m0/s1. The van der Waals surface area contributed by atoms with E-state index in [2.05, 4.69) is 10.6 Å². The summed E-state index contributed by atoms with van der Waals surface area (Å²) in [5, 5.41) is 14.6. The SMILES string of the molecule is C[C@H](NC(=O)C(O)c1cc(F)cc(F)c1)C(=O)NC1C(=O)N(C)c2ccccc2N(C)C1=O. The number of rotatable bonds is 5. The van der Waals surface area contributed by atoms with Crippen LogP contribution in [0.1, 0.15) is 18.6 Å². The second-order valence-corrected chi connectivity index (χ2v) is 7.56. The molecule has 0 spiro atoms. The zero-order valence-electron chi connectivity index (χ0n) is 18.0. The second-order valence-electron chi connectivity index (χ2n) is 7.56. The first-order chi connectivity index (χ1) is 15.5. The Morgan fingerprint density at radius 2 is 1.42 bits per heavy atom. The van der Waals surface area contributed by atoms with E-state index >= 15 is 0 Å². The highest BCUT2D eigenvalue weighted by atomic mass is 19.1. The smallest absolute Gasteiger partial charge is 0.259 e. The van der Waals surface area contributed by atoms with Crippen molar-refractivity contribution in [3.05, 3.63) is 59.7 Å². The van der Waals surface area contributed by atoms with Crippen molar-refractivity contribution >= 4 is 35.0 Å². The van der Waals surface area contributed by atoms with Crippen molar-refractivity contribution in [2.75, 3.05) is 23.9 Å². The number of likely N-dealkylation sites (N-methyl/N-ethyl adjacent to an activating group) is 2. The van der Waals surface area contributed by atoms with Crippen LogP contribution in [0.5, 0.6) is 0 Å². The minimum Gasteiger partial charge on any atom is -0.378 e. The molecule has 0 saturated heterocycles. The number of hydrogen-bond acceptors (Lipinski definition) is 5. The van der Waals surface area contributed by atoms with Crippen LogP contribution in [0.3, 0.4) is 0 Å². The van der Waals surface area contributed by atoms with Crippen LogP contribution < -0.4 is 20.4 Å². The number of carbonyl (C=O) groups excluding carboxylic acids is 4. The molecule has 0 fully saturated rings. The molecule has 0 aliphatic carbocycles. The van der Waals surface area contributed by atoms with Crippen molar-refractivity contribution in [2.24, 2.45) is 0 Å². The molecular formula is C22H22F2N4O5. The maximum absolute atomic E-state index is 13.4. The molecule has 1 heterocycles. The minimum absolute atomic E-state index is 0.340. The molecule has 3 rings (SSSR count). The summed E-state index contributed by atoms with van der Waals surface area (Å²) >= 11 is 0. The van der Waals surface area contributed by atoms with E-state index in [1.54, 1.807) is 24.3 Å². The number of halogens is 2. The molecule has 11 heteroatoms. The number of anilines is 2. The quantitative estimate of drug-likeness (QED) is 0.566. The number of aliphatic hydroxyl groups is 1. The van der Waals surface area contributed by atoms with Gasteiger partial charge >= 0.3 is 0 Å². The van der Waals surface area contributed by atoms with Gasteiger partial charge in [-0.1, -0.05) is 12.1 Å². The molecule has 1 aliphatic heterocycles. The van der Waals surface area contributed by atoms with Gasteiger partial charge in [-0.25, -0.2) is 8.78 Å². The number of carbonyl (C=O) groups is 4. The van der Waals surface area contributed by atoms with E-state index in [0.29, 0.717) is 17.4 Å². The number of nitrogens with one attached hydrogen (secondary N) is 2. The van der Waals surface area contributed by atoms with Crippen molar-refractivity contribution in [2.45, 2.75) is 25.1 Å². The number of benzene rings is 2. The summed E-state index contributed by atoms with van der Waals surface area (Å²) in [5.74, 6) is -5.30. The third-order valence-electron chi connectivity index (χ3n) is 5.25. The molecule has 0 aromatic heterocycles. The van der Waals surface area contributed by atoms with Gasteiger partial charge in [0.2, 0.25) is 5.91 Å². The van der Waals surface area contributed by atoms with E-state index in [1.165, 1.54) is 30.8 Å². The highest BCUT2D eigenvalue weighted by molar-refractivity contribution is 6.21. The Morgan fingerprint density at radius 3 is 1.91 bits per heavy atom. The summed E-state index contributed by atoms with van der Waals surface area (Å²) in [5.41, 5.74) is 0.608. The van der Waals surface area contributed by atoms with Crippen LogP contribution in [0.25, 0.3) is 0 Å². The predicted octanol–water partition coefficient (Wildman–Crippen LogP) is 0.627. The monoisotopic (exact) mass is 460 g/mol. The Balaban J connectivity index is 1.71. The molecule has 1 aliphatic rings. The molecule has 0 radical (unpaired) electrons. The fraction of sp³-hybridized carbons (Fsp3) is 0.273. The molecule has 2 atom stereocenters. The number of fused-ring (bicyclic) bond motifs is 1. The number of hydrogen-bond donors (Lipinski definition) is 3. The summed E-state index contributed by atoms with van der Waals surface area (Å²) in [7, 11) is 2.93. The van der Waals surface area contributed by atoms with Crippen LogP contribution in [-0.4, -0.2) is 54.9 Å². The molecule has 33 heavy (non-hydrogen) atoms. The van der Waals surface area contributed by atoms with Gasteiger partial charge in [0, 0.05) is 20.2 Å².